The molecule has 0 spiro atoms. The van der Waals surface area contributed by atoms with Crippen LogP contribution in [0.2, 0.25) is 0 Å². The first-order valence-corrected chi connectivity index (χ1v) is 8.98. The van der Waals surface area contributed by atoms with Gasteiger partial charge in [0, 0.05) is 38.5 Å². The lowest BCUT2D eigenvalue weighted by Crippen LogP contribution is -2.44. The van der Waals surface area contributed by atoms with Crippen LogP contribution in [0.1, 0.15) is 42.6 Å². The van der Waals surface area contributed by atoms with Gasteiger partial charge in [0.25, 0.3) is 0 Å². The number of aryl methyl sites for hydroxylation is 2. The molecule has 2 heterocycles. The first kappa shape index (κ1) is 17.6. The Morgan fingerprint density at radius 2 is 2.16 bits per heavy atom. The molecule has 0 saturated carbocycles. The second kappa shape index (κ2) is 8.25. The van der Waals surface area contributed by atoms with Crippen molar-refractivity contribution in [3.63, 3.8) is 0 Å². The van der Waals surface area contributed by atoms with E-state index in [0.717, 1.165) is 25.9 Å². The highest BCUT2D eigenvalue weighted by Gasteiger charge is 2.20. The molecule has 1 aliphatic heterocycles. The van der Waals surface area contributed by atoms with Crippen LogP contribution in [-0.2, 0) is 24.2 Å². The fourth-order valence-corrected chi connectivity index (χ4v) is 3.21. The summed E-state index contributed by atoms with van der Waals surface area (Å²) in [6.07, 6.45) is 2.93. The maximum atomic E-state index is 12.0. The highest BCUT2D eigenvalue weighted by atomic mass is 16.5. The third-order valence-corrected chi connectivity index (χ3v) is 4.74. The largest absolute Gasteiger partial charge is 0.355 e. The van der Waals surface area contributed by atoms with Crippen LogP contribution >= 0.6 is 0 Å². The summed E-state index contributed by atoms with van der Waals surface area (Å²) < 4.78 is 5.05. The third-order valence-electron chi connectivity index (χ3n) is 4.74. The molecule has 0 aliphatic carbocycles. The molecule has 0 saturated heterocycles. The molecular formula is C19H26N4O2. The van der Waals surface area contributed by atoms with Crippen LogP contribution in [0, 0.1) is 6.92 Å². The van der Waals surface area contributed by atoms with Gasteiger partial charge in [0.15, 0.2) is 5.82 Å². The predicted octanol–water partition coefficient (Wildman–Crippen LogP) is 2.26. The molecule has 0 fully saturated rings. The first-order chi connectivity index (χ1) is 12.1. The van der Waals surface area contributed by atoms with Crippen LogP contribution in [0.5, 0.6) is 0 Å². The lowest BCUT2D eigenvalue weighted by molar-refractivity contribution is -0.121. The number of aromatic nitrogens is 2. The number of benzene rings is 1. The number of hydrogen-bond acceptors (Lipinski definition) is 5. The van der Waals surface area contributed by atoms with E-state index in [1.54, 1.807) is 6.92 Å². The highest BCUT2D eigenvalue weighted by molar-refractivity contribution is 5.75. The van der Waals surface area contributed by atoms with Crippen LogP contribution in [0.15, 0.2) is 28.8 Å². The minimum Gasteiger partial charge on any atom is -0.355 e. The number of amides is 1. The first-order valence-electron chi connectivity index (χ1n) is 8.98. The van der Waals surface area contributed by atoms with Gasteiger partial charge in [-0.1, -0.05) is 29.4 Å². The van der Waals surface area contributed by atoms with Gasteiger partial charge in [-0.3, -0.25) is 9.69 Å². The molecule has 6 heteroatoms. The number of carbonyl (C=O) groups excluding carboxylic acids is 1. The number of nitrogens with zero attached hydrogens (tertiary/aromatic N) is 3. The van der Waals surface area contributed by atoms with Crippen LogP contribution in [-0.4, -0.2) is 40.1 Å². The van der Waals surface area contributed by atoms with E-state index in [0.29, 0.717) is 37.1 Å². The van der Waals surface area contributed by atoms with Crippen LogP contribution in [0.4, 0.5) is 0 Å². The number of carbonyl (C=O) groups is 1. The number of hydrogen-bond donors (Lipinski definition) is 1. The summed E-state index contributed by atoms with van der Waals surface area (Å²) in [6.45, 7) is 6.66. The zero-order valence-corrected chi connectivity index (χ0v) is 15.0. The van der Waals surface area contributed by atoms with Gasteiger partial charge in [0.2, 0.25) is 11.8 Å². The summed E-state index contributed by atoms with van der Waals surface area (Å²) in [7, 11) is 0. The van der Waals surface area contributed by atoms with Crippen molar-refractivity contribution in [3.05, 3.63) is 47.1 Å². The molecule has 1 aliphatic rings. The van der Waals surface area contributed by atoms with Gasteiger partial charge >= 0.3 is 0 Å². The minimum absolute atomic E-state index is 0.0838. The second-order valence-corrected chi connectivity index (χ2v) is 6.73. The van der Waals surface area contributed by atoms with Crippen LogP contribution in [0.3, 0.4) is 0 Å². The summed E-state index contributed by atoms with van der Waals surface area (Å²) in [6, 6.07) is 8.94. The van der Waals surface area contributed by atoms with Crippen LogP contribution < -0.4 is 5.32 Å². The quantitative estimate of drug-likeness (QED) is 0.836. The molecule has 0 radical (unpaired) electrons. The number of fused-ring (bicyclic) bond motifs is 1. The Balaban J connectivity index is 1.37. The molecule has 3 rings (SSSR count). The molecule has 6 nitrogen and oxygen atoms in total. The Labute approximate surface area is 148 Å². The predicted molar refractivity (Wildman–Crippen MR) is 95.0 cm³/mol. The number of rotatable bonds is 7. The fourth-order valence-electron chi connectivity index (χ4n) is 3.21. The van der Waals surface area contributed by atoms with Gasteiger partial charge in [-0.2, -0.15) is 4.98 Å². The van der Waals surface area contributed by atoms with Gasteiger partial charge in [-0.25, -0.2) is 0 Å². The van der Waals surface area contributed by atoms with E-state index in [1.807, 2.05) is 0 Å². The summed E-state index contributed by atoms with van der Waals surface area (Å²) >= 11 is 0. The van der Waals surface area contributed by atoms with Crippen LogP contribution in [0.25, 0.3) is 0 Å². The van der Waals surface area contributed by atoms with Gasteiger partial charge in [0.1, 0.15) is 0 Å². The number of nitrogens with one attached hydrogen (secondary N) is 1. The molecule has 134 valence electrons. The van der Waals surface area contributed by atoms with Gasteiger partial charge in [-0.05, 0) is 37.8 Å². The molecule has 1 N–H and O–H groups in total. The van der Waals surface area contributed by atoms with Crippen molar-refractivity contribution in [2.45, 2.75) is 52.1 Å². The molecular weight excluding hydrogens is 316 g/mol. The van der Waals surface area contributed by atoms with E-state index in [9.17, 15) is 4.79 Å². The Hall–Kier alpha value is -2.21. The molecule has 0 bridgehead atoms. The molecule has 0 unspecified atom stereocenters. The summed E-state index contributed by atoms with van der Waals surface area (Å²) in [5, 5.41) is 6.80. The topological polar surface area (TPSA) is 71.3 Å². The van der Waals surface area contributed by atoms with Gasteiger partial charge < -0.3 is 9.84 Å². The van der Waals surface area contributed by atoms with Crippen molar-refractivity contribution in [2.75, 3.05) is 13.1 Å². The molecule has 1 aromatic heterocycles. The zero-order valence-electron chi connectivity index (χ0n) is 15.0. The van der Waals surface area contributed by atoms with Crippen molar-refractivity contribution >= 4 is 5.91 Å². The Morgan fingerprint density at radius 1 is 1.36 bits per heavy atom. The standard InChI is InChI=1S/C19H26N4O2/c1-14(23-11-10-16-6-3-4-7-17(16)13-23)12-20-18(24)8-5-9-19-21-15(2)22-25-19/h3-4,6-7,14H,5,8-13H2,1-2H3,(H,20,24)/t14-/m1/s1. The molecule has 1 atom stereocenters. The normalized spacial score (nSPS) is 15.6. The van der Waals surface area contributed by atoms with Crippen molar-refractivity contribution < 1.29 is 9.32 Å². The summed E-state index contributed by atoms with van der Waals surface area (Å²) in [4.78, 5) is 18.6. The van der Waals surface area contributed by atoms with E-state index in [-0.39, 0.29) is 5.91 Å². The molecule has 1 aromatic carbocycles. The smallest absolute Gasteiger partial charge is 0.226 e. The summed E-state index contributed by atoms with van der Waals surface area (Å²) in [5.41, 5.74) is 2.85. The summed E-state index contributed by atoms with van der Waals surface area (Å²) in [5.74, 6) is 1.32. The van der Waals surface area contributed by atoms with E-state index >= 15 is 0 Å². The molecule has 25 heavy (non-hydrogen) atoms. The fraction of sp³-hybridized carbons (Fsp3) is 0.526. The second-order valence-electron chi connectivity index (χ2n) is 6.73. The average Bonchev–Trinajstić information content (AvgIpc) is 3.04. The van der Waals surface area contributed by atoms with Crippen molar-refractivity contribution in [1.29, 1.82) is 0 Å². The molecule has 1 amide bonds. The lowest BCUT2D eigenvalue weighted by Gasteiger charge is -2.33. The maximum Gasteiger partial charge on any atom is 0.226 e. The van der Waals surface area contributed by atoms with Gasteiger partial charge in [0.05, 0.1) is 0 Å². The van der Waals surface area contributed by atoms with E-state index in [2.05, 4.69) is 51.5 Å². The SMILES string of the molecule is Cc1noc(CCCC(=O)NC[C@@H](C)N2CCc3ccccc3C2)n1. The van der Waals surface area contributed by atoms with Crippen molar-refractivity contribution in [2.24, 2.45) is 0 Å². The van der Waals surface area contributed by atoms with E-state index < -0.39 is 0 Å². The Morgan fingerprint density at radius 3 is 2.92 bits per heavy atom. The van der Waals surface area contributed by atoms with Crippen molar-refractivity contribution in [3.8, 4) is 0 Å². The Bertz CT molecular complexity index is 713. The lowest BCUT2D eigenvalue weighted by atomic mass is 9.99. The maximum absolute atomic E-state index is 12.0. The molecule has 2 aromatic rings. The van der Waals surface area contributed by atoms with Crippen molar-refractivity contribution in [1.82, 2.24) is 20.4 Å². The van der Waals surface area contributed by atoms with Gasteiger partial charge in [-0.15, -0.1) is 0 Å². The highest BCUT2D eigenvalue weighted by Crippen LogP contribution is 2.19. The minimum atomic E-state index is 0.0838. The van der Waals surface area contributed by atoms with E-state index in [1.165, 1.54) is 11.1 Å². The average molecular weight is 342 g/mol. The zero-order chi connectivity index (χ0) is 17.6. The Kier molecular flexibility index (Phi) is 5.81. The monoisotopic (exact) mass is 342 g/mol. The third kappa shape index (κ3) is 4.89. The van der Waals surface area contributed by atoms with E-state index in [4.69, 9.17) is 4.52 Å².